The summed E-state index contributed by atoms with van der Waals surface area (Å²) in [6.45, 7) is 3.84. The third kappa shape index (κ3) is 4.23. The first kappa shape index (κ1) is 15.4. The van der Waals surface area contributed by atoms with Crippen molar-refractivity contribution >= 4 is 17.5 Å². The van der Waals surface area contributed by atoms with Crippen LogP contribution in [0.2, 0.25) is 5.02 Å². The van der Waals surface area contributed by atoms with Gasteiger partial charge < -0.3 is 10.1 Å². The Bertz CT molecular complexity index is 637. The lowest BCUT2D eigenvalue weighted by molar-refractivity contribution is -0.134. The number of carbonyl (C=O) groups is 1. The van der Waals surface area contributed by atoms with Gasteiger partial charge in [-0.1, -0.05) is 17.7 Å². The van der Waals surface area contributed by atoms with Gasteiger partial charge >= 0.3 is 0 Å². The van der Waals surface area contributed by atoms with Gasteiger partial charge in [-0.05, 0) is 32.0 Å². The number of amides is 1. The highest BCUT2D eigenvalue weighted by Gasteiger charge is 2.29. The highest BCUT2D eigenvalue weighted by atomic mass is 35.5. The van der Waals surface area contributed by atoms with Gasteiger partial charge in [-0.25, -0.2) is 0 Å². The highest BCUT2D eigenvalue weighted by Crippen LogP contribution is 2.22. The predicted molar refractivity (Wildman–Crippen MR) is 81.2 cm³/mol. The molecule has 0 aliphatic rings. The van der Waals surface area contributed by atoms with Crippen LogP contribution in [0.1, 0.15) is 19.4 Å². The number of nitrogens with zero attached hydrogens (tertiary/aromatic N) is 2. The molecule has 1 aromatic carbocycles. The number of halogens is 1. The number of nitrogens with one attached hydrogen (secondary N) is 1. The van der Waals surface area contributed by atoms with E-state index in [0.29, 0.717) is 17.3 Å². The second-order valence-electron chi connectivity index (χ2n) is 5.27. The minimum atomic E-state index is -0.993. The molecular weight excluding hydrogens is 290 g/mol. The Morgan fingerprint density at radius 3 is 2.86 bits per heavy atom. The summed E-state index contributed by atoms with van der Waals surface area (Å²) >= 11 is 5.91. The molecule has 0 bridgehead atoms. The Labute approximate surface area is 128 Å². The summed E-state index contributed by atoms with van der Waals surface area (Å²) in [7, 11) is 1.83. The fourth-order valence-electron chi connectivity index (χ4n) is 1.83. The van der Waals surface area contributed by atoms with Gasteiger partial charge in [0.2, 0.25) is 0 Å². The second-order valence-corrected chi connectivity index (χ2v) is 5.71. The molecule has 0 radical (unpaired) electrons. The molecule has 2 rings (SSSR count). The van der Waals surface area contributed by atoms with Crippen LogP contribution in [0.25, 0.3) is 0 Å². The van der Waals surface area contributed by atoms with Crippen molar-refractivity contribution in [1.82, 2.24) is 15.1 Å². The Morgan fingerprint density at radius 2 is 2.24 bits per heavy atom. The third-order valence-corrected chi connectivity index (χ3v) is 3.16. The number of hydrogen-bond donors (Lipinski definition) is 1. The summed E-state index contributed by atoms with van der Waals surface area (Å²) in [5.74, 6) is 0.357. The van der Waals surface area contributed by atoms with Crippen molar-refractivity contribution < 1.29 is 9.53 Å². The molecule has 6 heteroatoms. The maximum atomic E-state index is 12.2. The first-order valence-corrected chi connectivity index (χ1v) is 6.95. The van der Waals surface area contributed by atoms with Crippen molar-refractivity contribution in [3.8, 4) is 5.75 Å². The summed E-state index contributed by atoms with van der Waals surface area (Å²) < 4.78 is 7.41. The molecule has 5 nitrogen and oxygen atoms in total. The minimum absolute atomic E-state index is 0.202. The molecule has 0 aliphatic carbocycles. The van der Waals surface area contributed by atoms with Crippen LogP contribution in [0.5, 0.6) is 5.75 Å². The zero-order valence-corrected chi connectivity index (χ0v) is 13.0. The Hall–Kier alpha value is -2.01. The fraction of sp³-hybridized carbons (Fsp3) is 0.333. The lowest BCUT2D eigenvalue weighted by Gasteiger charge is -2.25. The van der Waals surface area contributed by atoms with Gasteiger partial charge in [-0.3, -0.25) is 9.48 Å². The maximum Gasteiger partial charge on any atom is 0.263 e. The highest BCUT2D eigenvalue weighted by molar-refractivity contribution is 6.30. The van der Waals surface area contributed by atoms with Crippen LogP contribution >= 0.6 is 11.6 Å². The number of carbonyl (C=O) groups excluding carboxylic acids is 1. The van der Waals surface area contributed by atoms with Crippen LogP contribution in [0.15, 0.2) is 36.7 Å². The average molecular weight is 308 g/mol. The zero-order chi connectivity index (χ0) is 15.5. The summed E-state index contributed by atoms with van der Waals surface area (Å²) in [4.78, 5) is 12.2. The molecule has 21 heavy (non-hydrogen) atoms. The molecule has 1 N–H and O–H groups in total. The van der Waals surface area contributed by atoms with E-state index in [1.807, 2.05) is 13.2 Å². The van der Waals surface area contributed by atoms with Gasteiger partial charge in [-0.15, -0.1) is 0 Å². The van der Waals surface area contributed by atoms with Crippen molar-refractivity contribution in [3.63, 3.8) is 0 Å². The van der Waals surface area contributed by atoms with Crippen LogP contribution in [0.4, 0.5) is 0 Å². The molecule has 1 heterocycles. The van der Waals surface area contributed by atoms with Crippen molar-refractivity contribution in [2.24, 2.45) is 7.05 Å². The maximum absolute atomic E-state index is 12.2. The average Bonchev–Trinajstić information content (AvgIpc) is 2.81. The quantitative estimate of drug-likeness (QED) is 0.923. The predicted octanol–water partition coefficient (Wildman–Crippen LogP) is 2.55. The van der Waals surface area contributed by atoms with E-state index in [0.717, 1.165) is 5.56 Å². The number of hydrogen-bond acceptors (Lipinski definition) is 3. The van der Waals surface area contributed by atoms with Crippen molar-refractivity contribution in [1.29, 1.82) is 0 Å². The molecule has 1 aromatic heterocycles. The Morgan fingerprint density at radius 1 is 1.48 bits per heavy atom. The van der Waals surface area contributed by atoms with Gasteiger partial charge in [0.05, 0.1) is 6.20 Å². The van der Waals surface area contributed by atoms with E-state index in [-0.39, 0.29) is 5.91 Å². The van der Waals surface area contributed by atoms with E-state index in [2.05, 4.69) is 10.4 Å². The summed E-state index contributed by atoms with van der Waals surface area (Å²) in [5, 5.41) is 7.46. The Kier molecular flexibility index (Phi) is 4.53. The summed E-state index contributed by atoms with van der Waals surface area (Å²) in [5.41, 5.74) is -0.0585. The molecule has 2 aromatic rings. The van der Waals surface area contributed by atoms with Crippen molar-refractivity contribution in [2.45, 2.75) is 26.0 Å². The number of rotatable bonds is 5. The molecule has 0 saturated heterocycles. The largest absolute Gasteiger partial charge is 0.478 e. The molecule has 0 unspecified atom stereocenters. The first-order valence-electron chi connectivity index (χ1n) is 6.57. The van der Waals surface area contributed by atoms with E-state index in [4.69, 9.17) is 16.3 Å². The monoisotopic (exact) mass is 307 g/mol. The smallest absolute Gasteiger partial charge is 0.263 e. The van der Waals surface area contributed by atoms with Crippen LogP contribution < -0.4 is 10.1 Å². The topological polar surface area (TPSA) is 56.2 Å². The molecule has 0 spiro atoms. The van der Waals surface area contributed by atoms with Crippen LogP contribution in [0.3, 0.4) is 0 Å². The summed E-state index contributed by atoms with van der Waals surface area (Å²) in [6.07, 6.45) is 3.57. The first-order chi connectivity index (χ1) is 9.87. The Balaban J connectivity index is 1.96. The summed E-state index contributed by atoms with van der Waals surface area (Å²) in [6, 6.07) is 6.98. The number of aromatic nitrogens is 2. The SMILES string of the molecule is Cn1cc(CNC(=O)C(C)(C)Oc2cccc(Cl)c2)cn1. The van der Waals surface area contributed by atoms with Crippen molar-refractivity contribution in [2.75, 3.05) is 0 Å². The molecule has 0 fully saturated rings. The van der Waals surface area contributed by atoms with Gasteiger partial charge in [-0.2, -0.15) is 5.10 Å². The molecule has 0 atom stereocenters. The van der Waals surface area contributed by atoms with E-state index in [9.17, 15) is 4.79 Å². The standard InChI is InChI=1S/C15H18ClN3O2/c1-15(2,21-13-6-4-5-12(16)7-13)14(20)17-8-11-9-18-19(3)10-11/h4-7,9-10H,8H2,1-3H3,(H,17,20). The van der Waals surface area contributed by atoms with Gasteiger partial charge in [0.15, 0.2) is 5.60 Å². The number of aryl methyl sites for hydroxylation is 1. The number of benzene rings is 1. The van der Waals surface area contributed by atoms with E-state index in [1.165, 1.54) is 0 Å². The van der Waals surface area contributed by atoms with Gasteiger partial charge in [0.25, 0.3) is 5.91 Å². The van der Waals surface area contributed by atoms with Gasteiger partial charge in [0.1, 0.15) is 5.75 Å². The molecule has 112 valence electrons. The molecule has 1 amide bonds. The molecular formula is C15H18ClN3O2. The van der Waals surface area contributed by atoms with E-state index >= 15 is 0 Å². The molecule has 0 saturated carbocycles. The zero-order valence-electron chi connectivity index (χ0n) is 12.3. The van der Waals surface area contributed by atoms with Crippen LogP contribution in [-0.4, -0.2) is 21.3 Å². The molecule has 0 aliphatic heterocycles. The van der Waals surface area contributed by atoms with Crippen molar-refractivity contribution in [3.05, 3.63) is 47.2 Å². The second kappa shape index (κ2) is 6.18. The van der Waals surface area contributed by atoms with Crippen LogP contribution in [0, 0.1) is 0 Å². The lowest BCUT2D eigenvalue weighted by atomic mass is 10.1. The fourth-order valence-corrected chi connectivity index (χ4v) is 2.01. The van der Waals surface area contributed by atoms with E-state index in [1.54, 1.807) is 49.0 Å². The third-order valence-electron chi connectivity index (χ3n) is 2.93. The minimum Gasteiger partial charge on any atom is -0.478 e. The normalized spacial score (nSPS) is 11.2. The lowest BCUT2D eigenvalue weighted by Crippen LogP contribution is -2.46. The van der Waals surface area contributed by atoms with E-state index < -0.39 is 5.60 Å². The van der Waals surface area contributed by atoms with Gasteiger partial charge in [0, 0.05) is 30.4 Å². The van der Waals surface area contributed by atoms with Crippen LogP contribution in [-0.2, 0) is 18.4 Å². The number of ether oxygens (including phenoxy) is 1.